The Morgan fingerprint density at radius 2 is 1.78 bits per heavy atom. The van der Waals surface area contributed by atoms with Gasteiger partial charge in [-0.2, -0.15) is 4.31 Å². The molecule has 1 aliphatic heterocycles. The molecule has 2 aliphatic rings. The second-order valence-corrected chi connectivity index (χ2v) is 7.98. The fourth-order valence-electron chi connectivity index (χ4n) is 3.02. The number of hydrogen-bond donors (Lipinski definition) is 1. The minimum atomic E-state index is -3.65. The molecule has 1 heterocycles. The summed E-state index contributed by atoms with van der Waals surface area (Å²) in [5.41, 5.74) is 0. The first-order valence-electron chi connectivity index (χ1n) is 8.09. The van der Waals surface area contributed by atoms with Gasteiger partial charge >= 0.3 is 0 Å². The summed E-state index contributed by atoms with van der Waals surface area (Å²) in [4.78, 5) is 11.8. The number of carbonyl (C=O) groups excluding carboxylic acids is 1. The highest BCUT2D eigenvalue weighted by atomic mass is 32.2. The first-order valence-corrected chi connectivity index (χ1v) is 9.53. The number of nitrogens with zero attached hydrogens (tertiary/aromatic N) is 1. The summed E-state index contributed by atoms with van der Waals surface area (Å²) in [7, 11) is -3.65. The minimum absolute atomic E-state index is 0.122. The van der Waals surface area contributed by atoms with Crippen molar-refractivity contribution in [2.45, 2.75) is 43.1 Å². The molecule has 1 amide bonds. The summed E-state index contributed by atoms with van der Waals surface area (Å²) < 4.78 is 32.4. The Labute approximate surface area is 136 Å². The fourth-order valence-corrected chi connectivity index (χ4v) is 4.46. The Morgan fingerprint density at radius 3 is 2.48 bits per heavy atom. The molecule has 1 aromatic carbocycles. The van der Waals surface area contributed by atoms with E-state index in [1.165, 1.54) is 17.1 Å². The number of nitrogens with one attached hydrogen (secondary N) is 1. The molecule has 23 heavy (non-hydrogen) atoms. The van der Waals surface area contributed by atoms with E-state index in [0.29, 0.717) is 25.3 Å². The predicted octanol–water partition coefficient (Wildman–Crippen LogP) is 1.52. The molecular formula is C16H22N2O4S. The lowest BCUT2D eigenvalue weighted by Crippen LogP contribution is -2.37. The molecule has 0 bridgehead atoms. The van der Waals surface area contributed by atoms with Crippen LogP contribution in [-0.2, 0) is 14.8 Å². The van der Waals surface area contributed by atoms with Crippen LogP contribution in [0.1, 0.15) is 32.1 Å². The summed E-state index contributed by atoms with van der Waals surface area (Å²) in [6.07, 6.45) is 5.36. The first kappa shape index (κ1) is 16.3. The van der Waals surface area contributed by atoms with E-state index in [4.69, 9.17) is 4.74 Å². The second kappa shape index (κ2) is 6.88. The van der Waals surface area contributed by atoms with Gasteiger partial charge < -0.3 is 10.1 Å². The van der Waals surface area contributed by atoms with Crippen molar-refractivity contribution in [3.05, 3.63) is 24.3 Å². The first-order chi connectivity index (χ1) is 11.1. The van der Waals surface area contributed by atoms with Gasteiger partial charge in [0.2, 0.25) is 15.9 Å². The van der Waals surface area contributed by atoms with Crippen LogP contribution < -0.4 is 10.1 Å². The monoisotopic (exact) mass is 338 g/mol. The summed E-state index contributed by atoms with van der Waals surface area (Å²) in [5.74, 6) is 0.441. The van der Waals surface area contributed by atoms with Crippen LogP contribution in [0.3, 0.4) is 0 Å². The van der Waals surface area contributed by atoms with Crippen LogP contribution in [0, 0.1) is 0 Å². The minimum Gasteiger partial charge on any atom is -0.490 e. The maximum atomic E-state index is 12.6. The average molecular weight is 338 g/mol. The summed E-state index contributed by atoms with van der Waals surface area (Å²) in [5, 5.41) is 2.68. The van der Waals surface area contributed by atoms with Crippen LogP contribution in [0.2, 0.25) is 0 Å². The van der Waals surface area contributed by atoms with E-state index < -0.39 is 10.0 Å². The van der Waals surface area contributed by atoms with Gasteiger partial charge in [0.05, 0.1) is 17.5 Å². The zero-order valence-corrected chi connectivity index (χ0v) is 13.8. The predicted molar refractivity (Wildman–Crippen MR) is 85.7 cm³/mol. The van der Waals surface area contributed by atoms with Crippen LogP contribution in [0.5, 0.6) is 5.75 Å². The number of hydrogen-bond acceptors (Lipinski definition) is 4. The van der Waals surface area contributed by atoms with E-state index in [0.717, 1.165) is 12.8 Å². The van der Waals surface area contributed by atoms with Gasteiger partial charge in [-0.05, 0) is 56.4 Å². The summed E-state index contributed by atoms with van der Waals surface area (Å²) in [6, 6.07) is 6.51. The Hall–Kier alpha value is -1.60. The molecule has 0 aromatic heterocycles. The molecule has 3 rings (SSSR count). The zero-order chi connectivity index (χ0) is 16.3. The normalized spacial score (nSPS) is 21.0. The van der Waals surface area contributed by atoms with E-state index in [9.17, 15) is 13.2 Å². The third kappa shape index (κ3) is 3.84. The molecule has 0 spiro atoms. The maximum absolute atomic E-state index is 12.6. The molecule has 1 saturated heterocycles. The van der Waals surface area contributed by atoms with Crippen molar-refractivity contribution in [2.75, 3.05) is 19.6 Å². The Morgan fingerprint density at radius 1 is 1.09 bits per heavy atom. The molecule has 1 saturated carbocycles. The smallest absolute Gasteiger partial charge is 0.243 e. The largest absolute Gasteiger partial charge is 0.490 e. The Kier molecular flexibility index (Phi) is 4.87. The zero-order valence-electron chi connectivity index (χ0n) is 13.0. The topological polar surface area (TPSA) is 75.7 Å². The molecule has 1 N–H and O–H groups in total. The fraction of sp³-hybridized carbons (Fsp3) is 0.562. The molecule has 6 nitrogen and oxygen atoms in total. The quantitative estimate of drug-likeness (QED) is 0.903. The molecule has 7 heteroatoms. The molecule has 2 fully saturated rings. The van der Waals surface area contributed by atoms with E-state index in [1.807, 2.05) is 0 Å². The van der Waals surface area contributed by atoms with Crippen LogP contribution in [-0.4, -0.2) is 44.4 Å². The highest BCUT2D eigenvalue weighted by Crippen LogP contribution is 2.25. The van der Waals surface area contributed by atoms with Crippen LogP contribution in [0.25, 0.3) is 0 Å². The van der Waals surface area contributed by atoms with Gasteiger partial charge in [-0.3, -0.25) is 4.79 Å². The number of amides is 1. The number of rotatable bonds is 4. The highest BCUT2D eigenvalue weighted by molar-refractivity contribution is 7.89. The molecule has 126 valence electrons. The molecular weight excluding hydrogens is 316 g/mol. The second-order valence-electron chi connectivity index (χ2n) is 6.04. The average Bonchev–Trinajstić information content (AvgIpc) is 2.93. The van der Waals surface area contributed by atoms with Gasteiger partial charge in [-0.25, -0.2) is 8.42 Å². The number of sulfonamides is 1. The van der Waals surface area contributed by atoms with Crippen molar-refractivity contribution in [1.82, 2.24) is 9.62 Å². The van der Waals surface area contributed by atoms with Crippen molar-refractivity contribution < 1.29 is 17.9 Å². The van der Waals surface area contributed by atoms with E-state index >= 15 is 0 Å². The standard InChI is InChI=1S/C16H22N2O4S/c19-16-12-18(11-3-10-17-16)23(20,21)15-8-6-14(7-9-15)22-13-4-1-2-5-13/h6-9,13H,1-5,10-12H2,(H,17,19). The third-order valence-corrected chi connectivity index (χ3v) is 6.15. The van der Waals surface area contributed by atoms with Crippen LogP contribution in [0.15, 0.2) is 29.2 Å². The SMILES string of the molecule is O=C1CN(S(=O)(=O)c2ccc(OC3CCCC3)cc2)CCCN1. The van der Waals surface area contributed by atoms with Crippen molar-refractivity contribution in [2.24, 2.45) is 0 Å². The van der Waals surface area contributed by atoms with Gasteiger partial charge in [-0.1, -0.05) is 0 Å². The molecule has 1 aliphatic carbocycles. The lowest BCUT2D eigenvalue weighted by atomic mass is 10.3. The van der Waals surface area contributed by atoms with Crippen molar-refractivity contribution in [1.29, 1.82) is 0 Å². The molecule has 0 atom stereocenters. The van der Waals surface area contributed by atoms with Crippen molar-refractivity contribution >= 4 is 15.9 Å². The van der Waals surface area contributed by atoms with Crippen molar-refractivity contribution in [3.63, 3.8) is 0 Å². The molecule has 0 unspecified atom stereocenters. The van der Waals surface area contributed by atoms with Crippen LogP contribution >= 0.6 is 0 Å². The van der Waals surface area contributed by atoms with Crippen LogP contribution in [0.4, 0.5) is 0 Å². The van der Waals surface area contributed by atoms with Gasteiger partial charge in [0.25, 0.3) is 0 Å². The molecule has 1 aromatic rings. The number of benzene rings is 1. The van der Waals surface area contributed by atoms with E-state index in [1.54, 1.807) is 24.3 Å². The summed E-state index contributed by atoms with van der Waals surface area (Å²) in [6.45, 7) is 0.739. The highest BCUT2D eigenvalue weighted by Gasteiger charge is 2.28. The Balaban J connectivity index is 1.72. The Bertz CT molecular complexity index is 651. The lowest BCUT2D eigenvalue weighted by molar-refractivity contribution is -0.120. The van der Waals surface area contributed by atoms with Crippen molar-refractivity contribution in [3.8, 4) is 5.75 Å². The number of carbonyl (C=O) groups is 1. The molecule has 0 radical (unpaired) electrons. The third-order valence-electron chi connectivity index (χ3n) is 4.29. The van der Waals surface area contributed by atoms with Gasteiger partial charge in [0.15, 0.2) is 0 Å². The van der Waals surface area contributed by atoms with E-state index in [-0.39, 0.29) is 23.5 Å². The maximum Gasteiger partial charge on any atom is 0.243 e. The summed E-state index contributed by atoms with van der Waals surface area (Å²) >= 11 is 0. The number of ether oxygens (including phenoxy) is 1. The van der Waals surface area contributed by atoms with Gasteiger partial charge in [-0.15, -0.1) is 0 Å². The van der Waals surface area contributed by atoms with Gasteiger partial charge in [0.1, 0.15) is 5.75 Å². The van der Waals surface area contributed by atoms with Gasteiger partial charge in [0, 0.05) is 13.1 Å². The van der Waals surface area contributed by atoms with E-state index in [2.05, 4.69) is 5.32 Å². The lowest BCUT2D eigenvalue weighted by Gasteiger charge is -2.19.